The summed E-state index contributed by atoms with van der Waals surface area (Å²) in [5, 5.41) is 12.9. The van der Waals surface area contributed by atoms with E-state index in [9.17, 15) is 0 Å². The van der Waals surface area contributed by atoms with Crippen molar-refractivity contribution < 1.29 is 5.11 Å². The SMILES string of the molecule is CC(C)C(CCO)NC1CC(C)N(C)CC1C. The summed E-state index contributed by atoms with van der Waals surface area (Å²) in [5.74, 6) is 1.28. The van der Waals surface area contributed by atoms with Gasteiger partial charge in [0.05, 0.1) is 0 Å². The Balaban J connectivity index is 2.53. The molecule has 3 nitrogen and oxygen atoms in total. The fraction of sp³-hybridized carbons (Fsp3) is 1.00. The Bertz CT molecular complexity index is 220. The third-order valence-corrected chi connectivity index (χ3v) is 4.28. The van der Waals surface area contributed by atoms with Gasteiger partial charge in [-0.15, -0.1) is 0 Å². The molecule has 1 rings (SSSR count). The first kappa shape index (κ1) is 14.9. The molecule has 0 aromatic rings. The molecule has 0 saturated carbocycles. The van der Waals surface area contributed by atoms with Crippen molar-refractivity contribution in [3.05, 3.63) is 0 Å². The van der Waals surface area contributed by atoms with Crippen LogP contribution in [-0.2, 0) is 0 Å². The third-order valence-electron chi connectivity index (χ3n) is 4.28. The van der Waals surface area contributed by atoms with Gasteiger partial charge >= 0.3 is 0 Å². The van der Waals surface area contributed by atoms with E-state index in [1.54, 1.807) is 0 Å². The van der Waals surface area contributed by atoms with Gasteiger partial charge in [0, 0.05) is 31.3 Å². The van der Waals surface area contributed by atoms with E-state index >= 15 is 0 Å². The Morgan fingerprint density at radius 2 is 2.00 bits per heavy atom. The number of piperidine rings is 1. The second-order valence-electron chi connectivity index (χ2n) is 6.14. The maximum Gasteiger partial charge on any atom is 0.0445 e. The van der Waals surface area contributed by atoms with Crippen molar-refractivity contribution in [1.29, 1.82) is 0 Å². The number of rotatable bonds is 5. The van der Waals surface area contributed by atoms with Crippen molar-refractivity contribution in [2.75, 3.05) is 20.2 Å². The zero-order valence-corrected chi connectivity index (χ0v) is 12.1. The van der Waals surface area contributed by atoms with Gasteiger partial charge in [-0.3, -0.25) is 0 Å². The van der Waals surface area contributed by atoms with Gasteiger partial charge in [-0.05, 0) is 38.6 Å². The molecule has 102 valence electrons. The highest BCUT2D eigenvalue weighted by atomic mass is 16.3. The molecule has 0 bridgehead atoms. The van der Waals surface area contributed by atoms with Crippen LogP contribution in [0.25, 0.3) is 0 Å². The van der Waals surface area contributed by atoms with Crippen LogP contribution in [0.15, 0.2) is 0 Å². The van der Waals surface area contributed by atoms with Gasteiger partial charge in [-0.1, -0.05) is 20.8 Å². The summed E-state index contributed by atoms with van der Waals surface area (Å²) in [5.41, 5.74) is 0. The van der Waals surface area contributed by atoms with E-state index in [0.717, 1.165) is 6.42 Å². The van der Waals surface area contributed by atoms with Crippen LogP contribution in [0, 0.1) is 11.8 Å². The molecule has 17 heavy (non-hydrogen) atoms. The Kier molecular flexibility index (Phi) is 5.90. The van der Waals surface area contributed by atoms with Crippen molar-refractivity contribution >= 4 is 0 Å². The lowest BCUT2D eigenvalue weighted by Crippen LogP contribution is -2.54. The minimum absolute atomic E-state index is 0.284. The number of hydrogen-bond acceptors (Lipinski definition) is 3. The van der Waals surface area contributed by atoms with Crippen molar-refractivity contribution in [2.24, 2.45) is 11.8 Å². The Hall–Kier alpha value is -0.120. The number of nitrogens with one attached hydrogen (secondary N) is 1. The standard InChI is InChI=1S/C14H30N2O/c1-10(2)13(6-7-17)15-14-8-12(4)16(5)9-11(14)3/h10-15,17H,6-9H2,1-5H3. The minimum Gasteiger partial charge on any atom is -0.396 e. The Morgan fingerprint density at radius 3 is 2.53 bits per heavy atom. The molecule has 1 aliphatic heterocycles. The number of aliphatic hydroxyl groups excluding tert-OH is 1. The van der Waals surface area contributed by atoms with Crippen LogP contribution < -0.4 is 5.32 Å². The maximum atomic E-state index is 9.13. The minimum atomic E-state index is 0.284. The highest BCUT2D eigenvalue weighted by Gasteiger charge is 2.30. The lowest BCUT2D eigenvalue weighted by atomic mass is 9.88. The molecule has 4 atom stereocenters. The molecule has 0 amide bonds. The van der Waals surface area contributed by atoms with E-state index in [2.05, 4.69) is 45.0 Å². The molecule has 1 fully saturated rings. The van der Waals surface area contributed by atoms with Gasteiger partial charge in [0.25, 0.3) is 0 Å². The second kappa shape index (κ2) is 6.72. The molecular weight excluding hydrogens is 212 g/mol. The predicted molar refractivity (Wildman–Crippen MR) is 73.1 cm³/mol. The molecule has 0 radical (unpaired) electrons. The number of hydrogen-bond donors (Lipinski definition) is 2. The molecule has 2 N–H and O–H groups in total. The zero-order chi connectivity index (χ0) is 13.0. The summed E-state index contributed by atoms with van der Waals surface area (Å²) in [4.78, 5) is 2.44. The molecule has 0 aromatic carbocycles. The lowest BCUT2D eigenvalue weighted by Gasteiger charge is -2.42. The second-order valence-corrected chi connectivity index (χ2v) is 6.14. The van der Waals surface area contributed by atoms with Crippen molar-refractivity contribution in [1.82, 2.24) is 10.2 Å². The fourth-order valence-corrected chi connectivity index (χ4v) is 2.80. The molecule has 1 saturated heterocycles. The first-order chi connectivity index (χ1) is 7.95. The lowest BCUT2D eigenvalue weighted by molar-refractivity contribution is 0.106. The van der Waals surface area contributed by atoms with Gasteiger partial charge < -0.3 is 15.3 Å². The molecule has 4 unspecified atom stereocenters. The van der Waals surface area contributed by atoms with E-state index in [1.807, 2.05) is 0 Å². The Labute approximate surface area is 107 Å². The molecule has 1 heterocycles. The van der Waals surface area contributed by atoms with Crippen molar-refractivity contribution in [2.45, 2.75) is 58.7 Å². The van der Waals surface area contributed by atoms with Crippen LogP contribution in [0.2, 0.25) is 0 Å². The zero-order valence-electron chi connectivity index (χ0n) is 12.1. The first-order valence-corrected chi connectivity index (χ1v) is 7.02. The monoisotopic (exact) mass is 242 g/mol. The van der Waals surface area contributed by atoms with Crippen LogP contribution in [0.5, 0.6) is 0 Å². The van der Waals surface area contributed by atoms with Crippen LogP contribution in [0.1, 0.15) is 40.5 Å². The van der Waals surface area contributed by atoms with Gasteiger partial charge in [0.15, 0.2) is 0 Å². The molecule has 0 spiro atoms. The highest BCUT2D eigenvalue weighted by Crippen LogP contribution is 2.22. The number of nitrogens with zero attached hydrogens (tertiary/aromatic N) is 1. The van der Waals surface area contributed by atoms with Crippen LogP contribution in [0.4, 0.5) is 0 Å². The third kappa shape index (κ3) is 4.23. The fourth-order valence-electron chi connectivity index (χ4n) is 2.80. The van der Waals surface area contributed by atoms with Crippen molar-refractivity contribution in [3.63, 3.8) is 0 Å². The summed E-state index contributed by atoms with van der Waals surface area (Å²) in [6.07, 6.45) is 2.08. The first-order valence-electron chi connectivity index (χ1n) is 7.02. The highest BCUT2D eigenvalue weighted by molar-refractivity contribution is 4.88. The molecule has 0 aromatic heterocycles. The normalized spacial score (nSPS) is 33.0. The summed E-state index contributed by atoms with van der Waals surface area (Å²) in [6.45, 7) is 10.6. The van der Waals surface area contributed by atoms with Crippen LogP contribution in [-0.4, -0.2) is 48.3 Å². The van der Waals surface area contributed by atoms with Gasteiger partial charge in [-0.25, -0.2) is 0 Å². The summed E-state index contributed by atoms with van der Waals surface area (Å²) in [7, 11) is 2.21. The molecule has 3 heteroatoms. The van der Waals surface area contributed by atoms with E-state index in [0.29, 0.717) is 30.0 Å². The van der Waals surface area contributed by atoms with E-state index < -0.39 is 0 Å². The Morgan fingerprint density at radius 1 is 1.35 bits per heavy atom. The van der Waals surface area contributed by atoms with Gasteiger partial charge in [0.1, 0.15) is 0 Å². The average Bonchev–Trinajstić information content (AvgIpc) is 2.24. The summed E-state index contributed by atoms with van der Waals surface area (Å²) < 4.78 is 0. The van der Waals surface area contributed by atoms with Gasteiger partial charge in [0.2, 0.25) is 0 Å². The largest absolute Gasteiger partial charge is 0.396 e. The van der Waals surface area contributed by atoms with E-state index in [-0.39, 0.29) is 6.61 Å². The quantitative estimate of drug-likeness (QED) is 0.770. The van der Waals surface area contributed by atoms with Gasteiger partial charge in [-0.2, -0.15) is 0 Å². The average molecular weight is 242 g/mol. The number of aliphatic hydroxyl groups is 1. The molecule has 1 aliphatic rings. The van der Waals surface area contributed by atoms with E-state index in [4.69, 9.17) is 5.11 Å². The van der Waals surface area contributed by atoms with Crippen LogP contribution >= 0.6 is 0 Å². The topological polar surface area (TPSA) is 35.5 Å². The smallest absolute Gasteiger partial charge is 0.0445 e. The molecule has 0 aliphatic carbocycles. The van der Waals surface area contributed by atoms with E-state index in [1.165, 1.54) is 13.0 Å². The summed E-state index contributed by atoms with van der Waals surface area (Å²) in [6, 6.07) is 1.70. The maximum absolute atomic E-state index is 9.13. The van der Waals surface area contributed by atoms with Crippen molar-refractivity contribution in [3.8, 4) is 0 Å². The molecular formula is C14H30N2O. The van der Waals surface area contributed by atoms with Crippen LogP contribution in [0.3, 0.4) is 0 Å². The predicted octanol–water partition coefficient (Wildman–Crippen LogP) is 1.71. The number of likely N-dealkylation sites (tertiary alicyclic amines) is 1. The summed E-state index contributed by atoms with van der Waals surface area (Å²) >= 11 is 0.